The van der Waals surface area contributed by atoms with Gasteiger partial charge in [-0.1, -0.05) is 26.8 Å². The summed E-state index contributed by atoms with van der Waals surface area (Å²) in [4.78, 5) is 8.84. The molecule has 0 N–H and O–H groups in total. The third-order valence-corrected chi connectivity index (χ3v) is 3.24. The predicted octanol–water partition coefficient (Wildman–Crippen LogP) is 4.53. The lowest BCUT2D eigenvalue weighted by molar-refractivity contribution is 0.318. The number of aliphatic imine (C=N–C) groups is 1. The summed E-state index contributed by atoms with van der Waals surface area (Å²) in [5, 5.41) is 0. The Morgan fingerprint density at radius 2 is 1.33 bits per heavy atom. The first-order valence-corrected chi connectivity index (χ1v) is 7.66. The van der Waals surface area contributed by atoms with E-state index in [0.29, 0.717) is 0 Å². The molecule has 0 aromatic carbocycles. The minimum Gasteiger partial charge on any atom is -0.359 e. The molecule has 0 radical (unpaired) electrons. The first kappa shape index (κ1) is 19.8. The molecule has 0 saturated heterocycles. The average molecular weight is 293 g/mol. The van der Waals surface area contributed by atoms with Crippen LogP contribution in [0.1, 0.15) is 55.4 Å². The maximum Gasteiger partial charge on any atom is 0.0892 e. The van der Waals surface area contributed by atoms with Gasteiger partial charge in [-0.15, -0.1) is 0 Å². The molecule has 0 spiro atoms. The highest BCUT2D eigenvalue weighted by Gasteiger charge is 2.15. The third kappa shape index (κ3) is 9.33. The van der Waals surface area contributed by atoms with Crippen LogP contribution in [0, 0.1) is 5.41 Å². The lowest BCUT2D eigenvalue weighted by Gasteiger charge is -2.14. The van der Waals surface area contributed by atoms with Gasteiger partial charge >= 0.3 is 0 Å². The Labute approximate surface area is 132 Å². The number of hydrogen-bond acceptors (Lipinski definition) is 3. The highest BCUT2D eigenvalue weighted by Crippen LogP contribution is 2.18. The van der Waals surface area contributed by atoms with E-state index in [1.807, 2.05) is 12.3 Å². The van der Waals surface area contributed by atoms with Crippen molar-refractivity contribution in [3.8, 4) is 0 Å². The minimum absolute atomic E-state index is 0.0439. The normalized spacial score (nSPS) is 17.0. The van der Waals surface area contributed by atoms with Gasteiger partial charge in [-0.25, -0.2) is 0 Å². The monoisotopic (exact) mass is 293 g/mol. The summed E-state index contributed by atoms with van der Waals surface area (Å²) in [7, 11) is 4.23. The molecular formula is C18H35N3. The van der Waals surface area contributed by atoms with Crippen LogP contribution in [-0.4, -0.2) is 42.3 Å². The summed E-state index contributed by atoms with van der Waals surface area (Å²) >= 11 is 0. The molecule has 0 fully saturated rings. The zero-order valence-electron chi connectivity index (χ0n) is 15.8. The number of allylic oxidation sites excluding steroid dienone is 4. The van der Waals surface area contributed by atoms with Gasteiger partial charge in [0.25, 0.3) is 0 Å². The van der Waals surface area contributed by atoms with Gasteiger partial charge in [-0.2, -0.15) is 0 Å². The van der Waals surface area contributed by atoms with Crippen LogP contribution in [0.25, 0.3) is 0 Å². The molecule has 122 valence electrons. The molecule has 0 amide bonds. The second kappa shape index (κ2) is 7.67. The Balaban J connectivity index is 0.000000394. The predicted molar refractivity (Wildman–Crippen MR) is 95.6 cm³/mol. The molecule has 1 heterocycles. The van der Waals surface area contributed by atoms with E-state index in [2.05, 4.69) is 90.4 Å². The highest BCUT2D eigenvalue weighted by atomic mass is 15.3. The van der Waals surface area contributed by atoms with Crippen molar-refractivity contribution in [2.24, 2.45) is 10.4 Å². The molecular weight excluding hydrogens is 258 g/mol. The molecule has 0 aromatic heterocycles. The Bertz CT molecular complexity index is 365. The second-order valence-electron chi connectivity index (χ2n) is 7.88. The van der Waals surface area contributed by atoms with Gasteiger partial charge in [0.05, 0.1) is 12.2 Å². The molecule has 1 rings (SSSR count). The molecule has 1 aliphatic heterocycles. The lowest BCUT2D eigenvalue weighted by Crippen LogP contribution is -2.20. The molecule has 1 aliphatic rings. The summed E-state index contributed by atoms with van der Waals surface area (Å²) in [5.74, 6) is 0. The first-order valence-electron chi connectivity index (χ1n) is 7.66. The van der Waals surface area contributed by atoms with E-state index in [-0.39, 0.29) is 11.0 Å². The largest absolute Gasteiger partial charge is 0.359 e. The van der Waals surface area contributed by atoms with Crippen LogP contribution >= 0.6 is 0 Å². The number of nitrogens with zero attached hydrogens (tertiary/aromatic N) is 3. The average Bonchev–Trinajstić information content (AvgIpc) is 2.51. The van der Waals surface area contributed by atoms with Crippen LogP contribution in [0.4, 0.5) is 0 Å². The topological polar surface area (TPSA) is 18.8 Å². The molecule has 0 atom stereocenters. The van der Waals surface area contributed by atoms with Gasteiger partial charge in [-0.05, 0) is 46.1 Å². The van der Waals surface area contributed by atoms with E-state index in [0.717, 1.165) is 6.67 Å². The quantitative estimate of drug-likeness (QED) is 0.661. The van der Waals surface area contributed by atoms with E-state index in [1.165, 1.54) is 11.4 Å². The molecule has 0 aliphatic carbocycles. The number of hydrogen-bond donors (Lipinski definition) is 0. The van der Waals surface area contributed by atoms with E-state index in [1.54, 1.807) is 0 Å². The zero-order chi connectivity index (χ0) is 16.8. The van der Waals surface area contributed by atoms with Crippen molar-refractivity contribution in [3.63, 3.8) is 0 Å². The SMILES string of the molecule is CC(C)(C)/C=C/C=NC(C)(C)C.CC1=C(C)N(C)CN1C. The van der Waals surface area contributed by atoms with Crippen molar-refractivity contribution < 1.29 is 0 Å². The first-order chi connectivity index (χ1) is 9.33. The summed E-state index contributed by atoms with van der Waals surface area (Å²) in [6, 6.07) is 0. The molecule has 0 aromatic rings. The van der Waals surface area contributed by atoms with Gasteiger partial charge < -0.3 is 9.80 Å². The van der Waals surface area contributed by atoms with Crippen LogP contribution in [0.15, 0.2) is 28.5 Å². The van der Waals surface area contributed by atoms with Crippen molar-refractivity contribution in [2.75, 3.05) is 20.8 Å². The molecule has 3 nitrogen and oxygen atoms in total. The second-order valence-corrected chi connectivity index (χ2v) is 7.88. The van der Waals surface area contributed by atoms with Crippen LogP contribution in [-0.2, 0) is 0 Å². The Morgan fingerprint density at radius 1 is 0.905 bits per heavy atom. The highest BCUT2D eigenvalue weighted by molar-refractivity contribution is 5.71. The van der Waals surface area contributed by atoms with Gasteiger partial charge in [0.1, 0.15) is 0 Å². The van der Waals surface area contributed by atoms with Crippen molar-refractivity contribution >= 4 is 6.21 Å². The fraction of sp³-hybridized carbons (Fsp3) is 0.722. The summed E-state index contributed by atoms with van der Waals surface area (Å²) in [5.41, 5.74) is 3.07. The van der Waals surface area contributed by atoms with Crippen molar-refractivity contribution in [2.45, 2.75) is 60.9 Å². The molecule has 0 bridgehead atoms. The Hall–Kier alpha value is -1.25. The van der Waals surface area contributed by atoms with E-state index >= 15 is 0 Å². The van der Waals surface area contributed by atoms with Crippen molar-refractivity contribution in [1.29, 1.82) is 0 Å². The summed E-state index contributed by atoms with van der Waals surface area (Å²) in [6.45, 7) is 18.1. The lowest BCUT2D eigenvalue weighted by atomic mass is 9.96. The standard InChI is InChI=1S/C11H21N.C7H14N2/c1-10(2,3)8-7-9-12-11(4,5)6;1-6-7(2)9(4)5-8(6)3/h7-9H,1-6H3;5H2,1-4H3/b8-7+,12-9?;. The Kier molecular flexibility index (Phi) is 7.21. The zero-order valence-corrected chi connectivity index (χ0v) is 15.8. The molecule has 21 heavy (non-hydrogen) atoms. The van der Waals surface area contributed by atoms with E-state index in [4.69, 9.17) is 0 Å². The fourth-order valence-corrected chi connectivity index (χ4v) is 1.68. The van der Waals surface area contributed by atoms with Gasteiger partial charge in [-0.3, -0.25) is 4.99 Å². The van der Waals surface area contributed by atoms with Crippen LogP contribution in [0.5, 0.6) is 0 Å². The van der Waals surface area contributed by atoms with Gasteiger partial charge in [0.15, 0.2) is 0 Å². The van der Waals surface area contributed by atoms with Crippen LogP contribution in [0.3, 0.4) is 0 Å². The molecule has 3 heteroatoms. The fourth-order valence-electron chi connectivity index (χ4n) is 1.68. The molecule has 0 unspecified atom stereocenters. The maximum atomic E-state index is 4.35. The van der Waals surface area contributed by atoms with Crippen molar-refractivity contribution in [1.82, 2.24) is 9.80 Å². The number of rotatable bonds is 1. The minimum atomic E-state index is 0.0439. The van der Waals surface area contributed by atoms with Crippen LogP contribution in [0.2, 0.25) is 0 Å². The smallest absolute Gasteiger partial charge is 0.0892 e. The van der Waals surface area contributed by atoms with E-state index < -0.39 is 0 Å². The summed E-state index contributed by atoms with van der Waals surface area (Å²) in [6.07, 6.45) is 6.05. The van der Waals surface area contributed by atoms with Gasteiger partial charge in [0.2, 0.25) is 0 Å². The van der Waals surface area contributed by atoms with Crippen molar-refractivity contribution in [3.05, 3.63) is 23.5 Å². The van der Waals surface area contributed by atoms with E-state index in [9.17, 15) is 0 Å². The molecule has 0 saturated carbocycles. The maximum absolute atomic E-state index is 4.35. The van der Waals surface area contributed by atoms with Crippen LogP contribution < -0.4 is 0 Å². The Morgan fingerprint density at radius 3 is 1.57 bits per heavy atom. The summed E-state index contributed by atoms with van der Waals surface area (Å²) < 4.78 is 0. The third-order valence-electron chi connectivity index (χ3n) is 3.24. The van der Waals surface area contributed by atoms with Gasteiger partial charge in [0, 0.05) is 31.7 Å².